The Hall–Kier alpha value is -2.80. The van der Waals surface area contributed by atoms with Gasteiger partial charge < -0.3 is 24.8 Å². The number of anilines is 1. The Morgan fingerprint density at radius 2 is 1.90 bits per heavy atom. The molecule has 2 aromatic carbocycles. The first kappa shape index (κ1) is 20.5. The van der Waals surface area contributed by atoms with Gasteiger partial charge in [0, 0.05) is 30.6 Å². The molecule has 2 aliphatic rings. The Bertz CT molecular complexity index is 927. The molecule has 0 radical (unpaired) electrons. The molecule has 4 rings (SSSR count). The van der Waals surface area contributed by atoms with Crippen molar-refractivity contribution in [2.24, 2.45) is 0 Å². The molecule has 0 saturated heterocycles. The molecule has 1 aliphatic heterocycles. The van der Waals surface area contributed by atoms with Crippen molar-refractivity contribution in [3.63, 3.8) is 0 Å². The zero-order chi connectivity index (χ0) is 21.1. The van der Waals surface area contributed by atoms with Crippen molar-refractivity contribution in [1.29, 1.82) is 0 Å². The van der Waals surface area contributed by atoms with Gasteiger partial charge in [-0.1, -0.05) is 12.5 Å². The van der Waals surface area contributed by atoms with E-state index in [9.17, 15) is 9.18 Å². The molecule has 0 unspecified atom stereocenters. The van der Waals surface area contributed by atoms with Crippen molar-refractivity contribution in [2.75, 3.05) is 19.0 Å². The van der Waals surface area contributed by atoms with Gasteiger partial charge in [0.2, 0.25) is 5.91 Å². The predicted octanol–water partition coefficient (Wildman–Crippen LogP) is 4.56. The number of rotatable bonds is 6. The molecule has 6 nitrogen and oxygen atoms in total. The molecule has 0 aromatic heterocycles. The van der Waals surface area contributed by atoms with Crippen molar-refractivity contribution in [3.8, 4) is 17.2 Å². The van der Waals surface area contributed by atoms with Crippen LogP contribution in [0.5, 0.6) is 17.2 Å². The summed E-state index contributed by atoms with van der Waals surface area (Å²) in [6.45, 7) is 1.96. The summed E-state index contributed by atoms with van der Waals surface area (Å²) < 4.78 is 31.0. The van der Waals surface area contributed by atoms with E-state index < -0.39 is 11.6 Å². The Labute approximate surface area is 175 Å². The monoisotopic (exact) mass is 414 g/mol. The quantitative estimate of drug-likeness (QED) is 0.726. The Morgan fingerprint density at radius 3 is 2.63 bits per heavy atom. The number of hydrogen-bond donors (Lipinski definition) is 2. The molecule has 1 heterocycles. The highest BCUT2D eigenvalue weighted by Gasteiger charge is 2.42. The van der Waals surface area contributed by atoms with E-state index in [4.69, 9.17) is 14.2 Å². The number of carbonyl (C=O) groups is 1. The number of methoxy groups -OCH3 is 1. The van der Waals surface area contributed by atoms with E-state index >= 15 is 0 Å². The summed E-state index contributed by atoms with van der Waals surface area (Å²) in [5.74, 6) is 0.439. The average Bonchev–Trinajstić information content (AvgIpc) is 3.08. The molecule has 1 saturated carbocycles. The summed E-state index contributed by atoms with van der Waals surface area (Å²) in [5, 5.41) is 5.98. The van der Waals surface area contributed by atoms with Gasteiger partial charge in [0.05, 0.1) is 13.7 Å². The lowest BCUT2D eigenvalue weighted by Gasteiger charge is -2.31. The van der Waals surface area contributed by atoms with Crippen LogP contribution >= 0.6 is 0 Å². The van der Waals surface area contributed by atoms with Gasteiger partial charge in [-0.25, -0.2) is 4.39 Å². The fourth-order valence-corrected chi connectivity index (χ4v) is 3.99. The molecule has 0 bridgehead atoms. The number of hydrogen-bond acceptors (Lipinski definition) is 5. The summed E-state index contributed by atoms with van der Waals surface area (Å²) in [7, 11) is 1.43. The maximum atomic E-state index is 13.9. The SMILES string of the molecule is COc1ccc([C@H](C)NCC(=O)Nc2ccc3c(c2)OC2(CCCCC2)O3)cc1F. The summed E-state index contributed by atoms with van der Waals surface area (Å²) in [4.78, 5) is 12.4. The third-order valence-electron chi connectivity index (χ3n) is 5.68. The lowest BCUT2D eigenvalue weighted by molar-refractivity contribution is -0.115. The molecular formula is C23H27FN2O4. The highest BCUT2D eigenvalue weighted by Crippen LogP contribution is 2.46. The molecule has 160 valence electrons. The minimum Gasteiger partial charge on any atom is -0.494 e. The van der Waals surface area contributed by atoms with Crippen molar-refractivity contribution in [3.05, 3.63) is 47.8 Å². The first-order valence-corrected chi connectivity index (χ1v) is 10.4. The van der Waals surface area contributed by atoms with Crippen molar-refractivity contribution < 1.29 is 23.4 Å². The van der Waals surface area contributed by atoms with Crippen molar-refractivity contribution >= 4 is 11.6 Å². The molecule has 2 N–H and O–H groups in total. The first-order chi connectivity index (χ1) is 14.5. The second-order valence-electron chi connectivity index (χ2n) is 7.88. The molecular weight excluding hydrogens is 387 g/mol. The second-order valence-corrected chi connectivity index (χ2v) is 7.88. The number of amides is 1. The van der Waals surface area contributed by atoms with E-state index in [1.54, 1.807) is 18.2 Å². The van der Waals surface area contributed by atoms with Gasteiger partial charge >= 0.3 is 0 Å². The second kappa shape index (κ2) is 8.52. The van der Waals surface area contributed by atoms with Crippen LogP contribution in [-0.4, -0.2) is 25.3 Å². The van der Waals surface area contributed by atoms with E-state index in [2.05, 4.69) is 10.6 Å². The molecule has 1 amide bonds. The Morgan fingerprint density at radius 1 is 1.13 bits per heavy atom. The maximum absolute atomic E-state index is 13.9. The van der Waals surface area contributed by atoms with Gasteiger partial charge in [-0.3, -0.25) is 4.79 Å². The third kappa shape index (κ3) is 4.36. The normalized spacial score (nSPS) is 17.6. The molecule has 1 atom stereocenters. The minimum absolute atomic E-state index is 0.0905. The van der Waals surface area contributed by atoms with Gasteiger partial charge in [-0.2, -0.15) is 0 Å². The average molecular weight is 414 g/mol. The van der Waals surface area contributed by atoms with Crippen LogP contribution in [0.1, 0.15) is 50.6 Å². The Kier molecular flexibility index (Phi) is 5.81. The molecule has 1 aliphatic carbocycles. The highest BCUT2D eigenvalue weighted by molar-refractivity contribution is 5.92. The van der Waals surface area contributed by atoms with Crippen LogP contribution in [0.2, 0.25) is 0 Å². The van der Waals surface area contributed by atoms with E-state index in [1.807, 2.05) is 19.1 Å². The maximum Gasteiger partial charge on any atom is 0.251 e. The molecule has 7 heteroatoms. The van der Waals surface area contributed by atoms with E-state index in [-0.39, 0.29) is 24.2 Å². The standard InChI is InChI=1S/C23H27FN2O4/c1-15(16-6-8-19(28-2)18(24)12-16)25-14-22(27)26-17-7-9-20-21(13-17)30-23(29-20)10-4-3-5-11-23/h6-9,12-13,15,25H,3-5,10-11,14H2,1-2H3,(H,26,27)/t15-/m0/s1. The summed E-state index contributed by atoms with van der Waals surface area (Å²) >= 11 is 0. The van der Waals surface area contributed by atoms with Crippen molar-refractivity contribution in [2.45, 2.75) is 50.9 Å². The number of benzene rings is 2. The fraction of sp³-hybridized carbons (Fsp3) is 0.435. The van der Waals surface area contributed by atoms with Gasteiger partial charge in [0.1, 0.15) is 0 Å². The summed E-state index contributed by atoms with van der Waals surface area (Å²) in [6, 6.07) is 10.0. The third-order valence-corrected chi connectivity index (χ3v) is 5.68. The largest absolute Gasteiger partial charge is 0.494 e. The van der Waals surface area contributed by atoms with Crippen LogP contribution in [0.4, 0.5) is 10.1 Å². The van der Waals surface area contributed by atoms with Gasteiger partial charge in [-0.15, -0.1) is 0 Å². The van der Waals surface area contributed by atoms with Gasteiger partial charge in [0.25, 0.3) is 5.79 Å². The number of carbonyl (C=O) groups excluding carboxylic acids is 1. The topological polar surface area (TPSA) is 68.8 Å². The predicted molar refractivity (Wildman–Crippen MR) is 112 cm³/mol. The van der Waals surface area contributed by atoms with Crippen molar-refractivity contribution in [1.82, 2.24) is 5.32 Å². The number of fused-ring (bicyclic) bond motifs is 1. The van der Waals surface area contributed by atoms with Crippen LogP contribution in [0.3, 0.4) is 0 Å². The van der Waals surface area contributed by atoms with Crippen LogP contribution in [0.15, 0.2) is 36.4 Å². The van der Waals surface area contributed by atoms with Crippen LogP contribution in [0.25, 0.3) is 0 Å². The number of nitrogens with one attached hydrogen (secondary N) is 2. The first-order valence-electron chi connectivity index (χ1n) is 10.4. The molecule has 1 spiro atoms. The van der Waals surface area contributed by atoms with E-state index in [0.29, 0.717) is 11.4 Å². The van der Waals surface area contributed by atoms with Crippen LogP contribution in [0, 0.1) is 5.82 Å². The highest BCUT2D eigenvalue weighted by atomic mass is 19.1. The fourth-order valence-electron chi connectivity index (χ4n) is 3.99. The lowest BCUT2D eigenvalue weighted by atomic mass is 9.94. The molecule has 1 fully saturated rings. The van der Waals surface area contributed by atoms with Crippen LogP contribution < -0.4 is 24.8 Å². The molecule has 30 heavy (non-hydrogen) atoms. The summed E-state index contributed by atoms with van der Waals surface area (Å²) in [6.07, 6.45) is 5.17. The lowest BCUT2D eigenvalue weighted by Crippen LogP contribution is -2.40. The van der Waals surface area contributed by atoms with Gasteiger partial charge in [0.15, 0.2) is 23.1 Å². The van der Waals surface area contributed by atoms with Crippen LogP contribution in [-0.2, 0) is 4.79 Å². The zero-order valence-corrected chi connectivity index (χ0v) is 17.3. The zero-order valence-electron chi connectivity index (χ0n) is 17.3. The summed E-state index contributed by atoms with van der Waals surface area (Å²) in [5.41, 5.74) is 1.39. The number of halogens is 1. The van der Waals surface area contributed by atoms with E-state index in [1.165, 1.54) is 19.6 Å². The van der Waals surface area contributed by atoms with E-state index in [0.717, 1.165) is 37.0 Å². The minimum atomic E-state index is -0.534. The molecule has 2 aromatic rings. The number of ether oxygens (including phenoxy) is 3. The van der Waals surface area contributed by atoms with Gasteiger partial charge in [-0.05, 0) is 49.6 Å². The Balaban J connectivity index is 1.32. The smallest absolute Gasteiger partial charge is 0.251 e.